The maximum atomic E-state index is 5.87. The van der Waals surface area contributed by atoms with Gasteiger partial charge in [0, 0.05) is 34.3 Å². The van der Waals surface area contributed by atoms with E-state index < -0.39 is 0 Å². The second-order valence-electron chi connectivity index (χ2n) is 9.43. The van der Waals surface area contributed by atoms with E-state index in [2.05, 4.69) is 96.8 Å². The zero-order valence-electron chi connectivity index (χ0n) is 20.5. The van der Waals surface area contributed by atoms with E-state index in [0.717, 1.165) is 45.2 Å². The number of rotatable bonds is 4. The van der Waals surface area contributed by atoms with Crippen molar-refractivity contribution < 1.29 is 4.42 Å². The molecule has 3 heteroatoms. The van der Waals surface area contributed by atoms with E-state index in [0.29, 0.717) is 5.71 Å². The number of pyridine rings is 2. The van der Waals surface area contributed by atoms with Gasteiger partial charge < -0.3 is 4.42 Å². The molecule has 4 aromatic carbocycles. The summed E-state index contributed by atoms with van der Waals surface area (Å²) >= 11 is 0. The third-order valence-electron chi connectivity index (χ3n) is 7.18. The van der Waals surface area contributed by atoms with Crippen LogP contribution in [0.3, 0.4) is 0 Å². The van der Waals surface area contributed by atoms with Crippen molar-refractivity contribution in [2.75, 3.05) is 0 Å². The highest BCUT2D eigenvalue weighted by atomic mass is 16.3. The smallest absolute Gasteiger partial charge is 0.227 e. The minimum Gasteiger partial charge on any atom is -0.438 e. The SMILES string of the molecule is CCc1ccc(-c2ccc3cc(-c4ccc(-c5ccc6oc7ncccc7c6c5)nc4)ccc3c2)cc1. The average molecular weight is 477 g/mol. The van der Waals surface area contributed by atoms with Crippen molar-refractivity contribution in [3.05, 3.63) is 121 Å². The fraction of sp³-hybridized carbons (Fsp3) is 0.0588. The Labute approximate surface area is 215 Å². The average Bonchev–Trinajstić information content (AvgIpc) is 3.35. The third-order valence-corrected chi connectivity index (χ3v) is 7.18. The first kappa shape index (κ1) is 21.5. The second-order valence-corrected chi connectivity index (χ2v) is 9.43. The summed E-state index contributed by atoms with van der Waals surface area (Å²) in [6, 6.07) is 36.6. The van der Waals surface area contributed by atoms with Gasteiger partial charge in [-0.15, -0.1) is 0 Å². The van der Waals surface area contributed by atoms with E-state index in [1.54, 1.807) is 6.20 Å². The Balaban J connectivity index is 1.19. The molecule has 176 valence electrons. The minimum absolute atomic E-state index is 0.663. The van der Waals surface area contributed by atoms with Gasteiger partial charge in [-0.1, -0.05) is 61.5 Å². The highest BCUT2D eigenvalue weighted by Crippen LogP contribution is 2.32. The van der Waals surface area contributed by atoms with E-state index in [4.69, 9.17) is 9.40 Å². The first-order valence-electron chi connectivity index (χ1n) is 12.6. The molecule has 0 aliphatic carbocycles. The molecule has 0 atom stereocenters. The summed E-state index contributed by atoms with van der Waals surface area (Å²) in [6.45, 7) is 2.19. The number of hydrogen-bond acceptors (Lipinski definition) is 3. The van der Waals surface area contributed by atoms with Crippen molar-refractivity contribution in [2.24, 2.45) is 0 Å². The Morgan fingerprint density at radius 2 is 1.30 bits per heavy atom. The quantitative estimate of drug-likeness (QED) is 0.254. The van der Waals surface area contributed by atoms with Crippen molar-refractivity contribution in [1.82, 2.24) is 9.97 Å². The van der Waals surface area contributed by atoms with E-state index >= 15 is 0 Å². The molecular formula is C34H24N2O. The molecule has 0 N–H and O–H groups in total. The molecule has 3 aromatic heterocycles. The van der Waals surface area contributed by atoms with Gasteiger partial charge >= 0.3 is 0 Å². The van der Waals surface area contributed by atoms with Crippen molar-refractivity contribution >= 4 is 32.8 Å². The lowest BCUT2D eigenvalue weighted by Crippen LogP contribution is -1.86. The van der Waals surface area contributed by atoms with Crippen LogP contribution in [0.25, 0.3) is 66.4 Å². The lowest BCUT2D eigenvalue weighted by molar-refractivity contribution is 0.654. The summed E-state index contributed by atoms with van der Waals surface area (Å²) in [5.41, 5.74) is 9.61. The Morgan fingerprint density at radius 1 is 0.595 bits per heavy atom. The van der Waals surface area contributed by atoms with Gasteiger partial charge in [0.05, 0.1) is 5.69 Å². The molecule has 0 spiro atoms. The molecule has 0 radical (unpaired) electrons. The summed E-state index contributed by atoms with van der Waals surface area (Å²) in [4.78, 5) is 9.13. The molecule has 0 bridgehead atoms. The molecule has 3 heterocycles. The zero-order chi connectivity index (χ0) is 24.8. The summed E-state index contributed by atoms with van der Waals surface area (Å²) in [5.74, 6) is 0. The Kier molecular flexibility index (Phi) is 5.07. The Hall–Kier alpha value is -4.76. The fourth-order valence-electron chi connectivity index (χ4n) is 5.04. The molecule has 0 amide bonds. The van der Waals surface area contributed by atoms with Gasteiger partial charge in [-0.25, -0.2) is 4.98 Å². The molecular weight excluding hydrogens is 452 g/mol. The maximum Gasteiger partial charge on any atom is 0.227 e. The molecule has 7 rings (SSSR count). The van der Waals surface area contributed by atoms with Crippen LogP contribution in [0.5, 0.6) is 0 Å². The maximum absolute atomic E-state index is 5.87. The second kappa shape index (κ2) is 8.72. The van der Waals surface area contributed by atoms with Crippen LogP contribution in [0.2, 0.25) is 0 Å². The van der Waals surface area contributed by atoms with Crippen molar-refractivity contribution in [3.8, 4) is 33.5 Å². The van der Waals surface area contributed by atoms with Gasteiger partial charge in [0.25, 0.3) is 0 Å². The standard InChI is InChI=1S/C34H24N2O/c1-2-22-5-7-23(8-6-22)24-9-10-26-19-27(12-11-25(26)18-24)29-13-15-32(36-21-29)28-14-16-33-31(20-28)30-4-3-17-35-34(30)37-33/h3-21H,2H2,1H3. The number of aromatic nitrogens is 2. The monoisotopic (exact) mass is 476 g/mol. The van der Waals surface area contributed by atoms with Crippen LogP contribution in [-0.4, -0.2) is 9.97 Å². The Bertz CT molecular complexity index is 1900. The number of fused-ring (bicyclic) bond motifs is 4. The number of furan rings is 1. The first-order valence-corrected chi connectivity index (χ1v) is 12.6. The van der Waals surface area contributed by atoms with Crippen LogP contribution in [-0.2, 0) is 6.42 Å². The fourth-order valence-corrected chi connectivity index (χ4v) is 5.04. The number of aryl methyl sites for hydroxylation is 1. The number of benzene rings is 4. The summed E-state index contributed by atoms with van der Waals surface area (Å²) in [5, 5.41) is 4.54. The minimum atomic E-state index is 0.663. The number of nitrogens with zero attached hydrogens (tertiary/aromatic N) is 2. The predicted molar refractivity (Wildman–Crippen MR) is 153 cm³/mol. The Morgan fingerprint density at radius 3 is 2.03 bits per heavy atom. The predicted octanol–water partition coefficient (Wildman–Crippen LogP) is 9.09. The molecule has 37 heavy (non-hydrogen) atoms. The van der Waals surface area contributed by atoms with Crippen LogP contribution in [0, 0.1) is 0 Å². The molecule has 0 aliphatic heterocycles. The van der Waals surface area contributed by atoms with Crippen molar-refractivity contribution in [2.45, 2.75) is 13.3 Å². The summed E-state index contributed by atoms with van der Waals surface area (Å²) in [7, 11) is 0. The molecule has 7 aromatic rings. The van der Waals surface area contributed by atoms with E-state index in [9.17, 15) is 0 Å². The van der Waals surface area contributed by atoms with Crippen molar-refractivity contribution in [1.29, 1.82) is 0 Å². The third kappa shape index (κ3) is 3.85. The highest BCUT2D eigenvalue weighted by Gasteiger charge is 2.10. The van der Waals surface area contributed by atoms with Gasteiger partial charge in [-0.3, -0.25) is 4.98 Å². The lowest BCUT2D eigenvalue weighted by atomic mass is 9.97. The molecule has 0 saturated heterocycles. The summed E-state index contributed by atoms with van der Waals surface area (Å²) in [6.07, 6.45) is 4.77. The molecule has 0 unspecified atom stereocenters. The van der Waals surface area contributed by atoms with Crippen molar-refractivity contribution in [3.63, 3.8) is 0 Å². The summed E-state index contributed by atoms with van der Waals surface area (Å²) < 4.78 is 5.87. The van der Waals surface area contributed by atoms with Crippen LogP contribution < -0.4 is 0 Å². The largest absolute Gasteiger partial charge is 0.438 e. The topological polar surface area (TPSA) is 38.9 Å². The molecule has 0 fully saturated rings. The van der Waals surface area contributed by atoms with Crippen LogP contribution in [0.1, 0.15) is 12.5 Å². The molecule has 0 aliphatic rings. The molecule has 3 nitrogen and oxygen atoms in total. The van der Waals surface area contributed by atoms with Gasteiger partial charge in [0.15, 0.2) is 0 Å². The normalized spacial score (nSPS) is 11.5. The zero-order valence-corrected chi connectivity index (χ0v) is 20.5. The highest BCUT2D eigenvalue weighted by molar-refractivity contribution is 6.04. The van der Waals surface area contributed by atoms with Gasteiger partial charge in [0.1, 0.15) is 5.58 Å². The number of hydrogen-bond donors (Lipinski definition) is 0. The lowest BCUT2D eigenvalue weighted by Gasteiger charge is -2.08. The van der Waals surface area contributed by atoms with Crippen LogP contribution in [0.15, 0.2) is 120 Å². The van der Waals surface area contributed by atoms with E-state index in [-0.39, 0.29) is 0 Å². The first-order chi connectivity index (χ1) is 18.2. The van der Waals surface area contributed by atoms with E-state index in [1.165, 1.54) is 27.5 Å². The molecule has 0 saturated carbocycles. The van der Waals surface area contributed by atoms with Gasteiger partial charge in [-0.05, 0) is 88.0 Å². The van der Waals surface area contributed by atoms with E-state index in [1.807, 2.05) is 24.4 Å². The van der Waals surface area contributed by atoms with Gasteiger partial charge in [0.2, 0.25) is 5.71 Å². The van der Waals surface area contributed by atoms with Crippen LogP contribution >= 0.6 is 0 Å². The van der Waals surface area contributed by atoms with Crippen LogP contribution in [0.4, 0.5) is 0 Å². The van der Waals surface area contributed by atoms with Gasteiger partial charge in [-0.2, -0.15) is 0 Å².